The largest absolute Gasteiger partial charge is 0.480 e. The lowest BCUT2D eigenvalue weighted by Crippen LogP contribution is -2.55. The van der Waals surface area contributed by atoms with Crippen LogP contribution in [-0.4, -0.2) is 59.1 Å². The molecule has 22 heavy (non-hydrogen) atoms. The second-order valence-corrected chi connectivity index (χ2v) is 5.19. The number of ether oxygens (including phenoxy) is 1. The number of esters is 1. The van der Waals surface area contributed by atoms with E-state index in [9.17, 15) is 14.4 Å². The minimum atomic E-state index is -1.04. The van der Waals surface area contributed by atoms with Crippen molar-refractivity contribution < 1.29 is 24.2 Å². The monoisotopic (exact) mass is 306 g/mol. The van der Waals surface area contributed by atoms with Crippen molar-refractivity contribution in [1.82, 2.24) is 9.80 Å². The topological polar surface area (TPSA) is 87.2 Å². The number of likely N-dealkylation sites (N-methyl/N-ethyl adjacent to an activating group) is 1. The average Bonchev–Trinajstić information content (AvgIpc) is 2.49. The highest BCUT2D eigenvalue weighted by Gasteiger charge is 2.35. The Hall–Kier alpha value is -2.41. The molecule has 0 saturated carbocycles. The van der Waals surface area contributed by atoms with E-state index in [0.29, 0.717) is 0 Å². The van der Waals surface area contributed by atoms with E-state index in [4.69, 9.17) is 9.84 Å². The Bertz CT molecular complexity index is 560. The van der Waals surface area contributed by atoms with Crippen molar-refractivity contribution in [1.29, 1.82) is 0 Å². The third-order valence-electron chi connectivity index (χ3n) is 3.49. The first-order valence-electron chi connectivity index (χ1n) is 6.87. The molecule has 1 N–H and O–H groups in total. The van der Waals surface area contributed by atoms with E-state index in [1.807, 2.05) is 30.3 Å². The van der Waals surface area contributed by atoms with Crippen LogP contribution in [0.5, 0.6) is 0 Å². The molecule has 7 heteroatoms. The lowest BCUT2D eigenvalue weighted by atomic mass is 10.1. The number of amides is 1. The zero-order valence-corrected chi connectivity index (χ0v) is 12.3. The van der Waals surface area contributed by atoms with E-state index in [0.717, 1.165) is 5.56 Å². The fraction of sp³-hybridized carbons (Fsp3) is 0.400. The van der Waals surface area contributed by atoms with Gasteiger partial charge in [-0.05, 0) is 12.6 Å². The van der Waals surface area contributed by atoms with Gasteiger partial charge in [0, 0.05) is 0 Å². The van der Waals surface area contributed by atoms with Crippen molar-refractivity contribution in [3.63, 3.8) is 0 Å². The molecule has 0 radical (unpaired) electrons. The van der Waals surface area contributed by atoms with Crippen LogP contribution in [0.15, 0.2) is 30.3 Å². The normalized spacial score (nSPS) is 19.0. The number of carboxylic acids is 1. The molecule has 1 atom stereocenters. The molecule has 2 rings (SSSR count). The molecular weight excluding hydrogens is 288 g/mol. The van der Waals surface area contributed by atoms with Gasteiger partial charge in [-0.1, -0.05) is 30.3 Å². The van der Waals surface area contributed by atoms with Gasteiger partial charge in [-0.2, -0.15) is 0 Å². The van der Waals surface area contributed by atoms with E-state index >= 15 is 0 Å². The maximum Gasteiger partial charge on any atom is 0.326 e. The number of carbonyl (C=O) groups is 3. The SMILES string of the molecule is CN1CN(CC(=O)OCc2ccccc2)C(=O)CC1C(=O)O. The zero-order valence-electron chi connectivity index (χ0n) is 12.3. The van der Waals surface area contributed by atoms with E-state index in [1.165, 1.54) is 9.80 Å². The molecule has 1 aromatic rings. The highest BCUT2D eigenvalue weighted by molar-refractivity contribution is 5.87. The summed E-state index contributed by atoms with van der Waals surface area (Å²) in [5.41, 5.74) is 0.865. The molecule has 1 aliphatic heterocycles. The highest BCUT2D eigenvalue weighted by Crippen LogP contribution is 2.13. The van der Waals surface area contributed by atoms with E-state index in [1.54, 1.807) is 7.05 Å². The molecule has 1 aliphatic rings. The van der Waals surface area contributed by atoms with Crippen LogP contribution >= 0.6 is 0 Å². The predicted octanol–water partition coefficient (Wildman–Crippen LogP) is 0.305. The first-order chi connectivity index (χ1) is 10.5. The van der Waals surface area contributed by atoms with Gasteiger partial charge in [0.2, 0.25) is 5.91 Å². The molecule has 0 aliphatic carbocycles. The van der Waals surface area contributed by atoms with Crippen molar-refractivity contribution in [2.24, 2.45) is 0 Å². The first-order valence-corrected chi connectivity index (χ1v) is 6.87. The van der Waals surface area contributed by atoms with Crippen LogP contribution in [0.25, 0.3) is 0 Å². The van der Waals surface area contributed by atoms with E-state index in [2.05, 4.69) is 0 Å². The summed E-state index contributed by atoms with van der Waals surface area (Å²) in [6.07, 6.45) is -0.141. The summed E-state index contributed by atoms with van der Waals surface area (Å²) in [7, 11) is 1.60. The van der Waals surface area contributed by atoms with Gasteiger partial charge in [0.25, 0.3) is 0 Å². The molecular formula is C15H18N2O5. The van der Waals surface area contributed by atoms with Gasteiger partial charge in [-0.15, -0.1) is 0 Å². The molecule has 1 unspecified atom stereocenters. The number of carbonyl (C=O) groups excluding carboxylic acids is 2. The Kier molecular flexibility index (Phi) is 5.11. The van der Waals surface area contributed by atoms with Crippen LogP contribution in [0.4, 0.5) is 0 Å². The molecule has 1 fully saturated rings. The number of nitrogens with zero attached hydrogens (tertiary/aromatic N) is 2. The number of benzene rings is 1. The summed E-state index contributed by atoms with van der Waals surface area (Å²) in [5.74, 6) is -1.91. The summed E-state index contributed by atoms with van der Waals surface area (Å²) in [6, 6.07) is 8.39. The third kappa shape index (κ3) is 4.05. The Morgan fingerprint density at radius 2 is 2.00 bits per heavy atom. The standard InChI is InChI=1S/C15H18N2O5/c1-16-10-17(13(18)7-12(16)15(20)21)8-14(19)22-9-11-5-3-2-4-6-11/h2-6,12H,7-10H2,1H3,(H,20,21). The van der Waals surface area contributed by atoms with Crippen LogP contribution < -0.4 is 0 Å². The van der Waals surface area contributed by atoms with Gasteiger partial charge in [0.05, 0.1) is 13.1 Å². The molecule has 0 aromatic heterocycles. The van der Waals surface area contributed by atoms with Crippen molar-refractivity contribution in [2.45, 2.75) is 19.1 Å². The van der Waals surface area contributed by atoms with Gasteiger partial charge in [-0.3, -0.25) is 19.3 Å². The minimum Gasteiger partial charge on any atom is -0.480 e. The minimum absolute atomic E-state index is 0.0935. The van der Waals surface area contributed by atoms with Crippen LogP contribution in [0, 0.1) is 0 Å². The summed E-state index contributed by atoms with van der Waals surface area (Å²) in [5, 5.41) is 9.00. The fourth-order valence-corrected chi connectivity index (χ4v) is 2.25. The van der Waals surface area contributed by atoms with E-state index < -0.39 is 18.0 Å². The Morgan fingerprint density at radius 1 is 1.32 bits per heavy atom. The lowest BCUT2D eigenvalue weighted by molar-refractivity contribution is -0.159. The van der Waals surface area contributed by atoms with Crippen LogP contribution in [-0.2, 0) is 25.7 Å². The zero-order chi connectivity index (χ0) is 16.1. The number of aliphatic carboxylic acids is 1. The number of hydrogen-bond donors (Lipinski definition) is 1. The highest BCUT2D eigenvalue weighted by atomic mass is 16.5. The first kappa shape index (κ1) is 16.0. The number of carboxylic acid groups (broad SMARTS) is 1. The van der Waals surface area contributed by atoms with Crippen molar-refractivity contribution in [3.8, 4) is 0 Å². The van der Waals surface area contributed by atoms with Gasteiger partial charge >= 0.3 is 11.9 Å². The average molecular weight is 306 g/mol. The molecule has 1 amide bonds. The maximum absolute atomic E-state index is 11.9. The Labute approximate surface area is 128 Å². The summed E-state index contributed by atoms with van der Waals surface area (Å²) >= 11 is 0. The molecule has 1 heterocycles. The van der Waals surface area contributed by atoms with Gasteiger partial charge in [-0.25, -0.2) is 0 Å². The van der Waals surface area contributed by atoms with Gasteiger partial charge in [0.15, 0.2) is 0 Å². The number of hydrogen-bond acceptors (Lipinski definition) is 5. The summed E-state index contributed by atoms with van der Waals surface area (Å²) < 4.78 is 5.12. The molecule has 1 saturated heterocycles. The van der Waals surface area contributed by atoms with Crippen LogP contribution in [0.3, 0.4) is 0 Å². The van der Waals surface area contributed by atoms with Gasteiger partial charge < -0.3 is 14.7 Å². The van der Waals surface area contributed by atoms with Crippen molar-refractivity contribution >= 4 is 17.8 Å². The molecule has 118 valence electrons. The molecule has 0 spiro atoms. The predicted molar refractivity (Wildman–Crippen MR) is 76.6 cm³/mol. The number of rotatable bonds is 5. The maximum atomic E-state index is 11.9. The molecule has 1 aromatic carbocycles. The van der Waals surface area contributed by atoms with Crippen molar-refractivity contribution in [3.05, 3.63) is 35.9 Å². The smallest absolute Gasteiger partial charge is 0.326 e. The molecule has 7 nitrogen and oxygen atoms in total. The van der Waals surface area contributed by atoms with Crippen LogP contribution in [0.1, 0.15) is 12.0 Å². The van der Waals surface area contributed by atoms with Crippen molar-refractivity contribution in [2.75, 3.05) is 20.3 Å². The third-order valence-corrected chi connectivity index (χ3v) is 3.49. The quantitative estimate of drug-likeness (QED) is 0.788. The van der Waals surface area contributed by atoms with E-state index in [-0.39, 0.29) is 32.1 Å². The Balaban J connectivity index is 1.84. The van der Waals surface area contributed by atoms with Crippen LogP contribution in [0.2, 0.25) is 0 Å². The van der Waals surface area contributed by atoms with Gasteiger partial charge in [0.1, 0.15) is 19.2 Å². The lowest BCUT2D eigenvalue weighted by Gasteiger charge is -2.36. The fourth-order valence-electron chi connectivity index (χ4n) is 2.25. The summed E-state index contributed by atoms with van der Waals surface area (Å²) in [4.78, 5) is 37.5. The molecule has 0 bridgehead atoms. The summed E-state index contributed by atoms with van der Waals surface area (Å²) in [6.45, 7) is 0.0634. The second-order valence-electron chi connectivity index (χ2n) is 5.19. The second kappa shape index (κ2) is 7.04. The Morgan fingerprint density at radius 3 is 2.64 bits per heavy atom.